The number of rotatable bonds is 6. The van der Waals surface area contributed by atoms with E-state index in [1.54, 1.807) is 0 Å². The van der Waals surface area contributed by atoms with Gasteiger partial charge in [0.1, 0.15) is 0 Å². The highest BCUT2D eigenvalue weighted by Crippen LogP contribution is 2.46. The molecule has 0 aliphatic carbocycles. The predicted molar refractivity (Wildman–Crippen MR) is 228 cm³/mol. The molecule has 1 heterocycles. The van der Waals surface area contributed by atoms with Crippen LogP contribution in [0.4, 0.5) is 0 Å². The van der Waals surface area contributed by atoms with Gasteiger partial charge in [0.15, 0.2) is 0 Å². The molecule has 1 aromatic heterocycles. The van der Waals surface area contributed by atoms with E-state index < -0.39 is 0 Å². The van der Waals surface area contributed by atoms with Crippen molar-refractivity contribution in [3.8, 4) is 39.1 Å². The smallest absolute Gasteiger partial charge is 0.0550 e. The van der Waals surface area contributed by atoms with E-state index in [1.807, 2.05) is 24.3 Å². The number of nitrogens with zero attached hydrogens (tertiary/aromatic N) is 1. The monoisotopic (exact) mass is 674 g/mol. The molecule has 10 aromatic rings. The minimum absolute atomic E-state index is 0.864. The zero-order valence-corrected chi connectivity index (χ0v) is 29.1. The van der Waals surface area contributed by atoms with Crippen molar-refractivity contribution in [2.24, 2.45) is 0 Å². The Bertz CT molecular complexity index is 3090. The first-order valence-electron chi connectivity index (χ1n) is 18.0. The van der Waals surface area contributed by atoms with Gasteiger partial charge in [-0.05, 0) is 125 Å². The Morgan fingerprint density at radius 3 is 1.51 bits per heavy atom. The third kappa shape index (κ3) is 4.92. The lowest BCUT2D eigenvalue weighted by molar-refractivity contribution is 1.11. The fourth-order valence-corrected chi connectivity index (χ4v) is 8.39. The second-order valence-electron chi connectivity index (χ2n) is 13.7. The molecule has 1 N–H and O–H groups in total. The Balaban J connectivity index is 1.27. The molecule has 0 aliphatic rings. The van der Waals surface area contributed by atoms with Gasteiger partial charge in [-0.2, -0.15) is 0 Å². The van der Waals surface area contributed by atoms with E-state index >= 15 is 0 Å². The van der Waals surface area contributed by atoms with E-state index in [0.29, 0.717) is 0 Å². The molecule has 248 valence electrons. The Morgan fingerprint density at radius 1 is 0.415 bits per heavy atom. The molecule has 0 saturated heterocycles. The van der Waals surface area contributed by atoms with Crippen molar-refractivity contribution in [1.29, 1.82) is 5.41 Å². The molecule has 0 fully saturated rings. The minimum atomic E-state index is 0.864. The molecule has 0 unspecified atom stereocenters. The molecular weight excluding hydrogens is 641 g/mol. The van der Waals surface area contributed by atoms with Gasteiger partial charge >= 0.3 is 0 Å². The average Bonchev–Trinajstić information content (AvgIpc) is 3.55. The number of fused-ring (bicyclic) bond motifs is 5. The molecule has 0 radical (unpaired) electrons. The van der Waals surface area contributed by atoms with Crippen molar-refractivity contribution in [2.45, 2.75) is 0 Å². The van der Waals surface area contributed by atoms with E-state index in [4.69, 9.17) is 5.41 Å². The summed E-state index contributed by atoms with van der Waals surface area (Å²) in [7, 11) is 0. The summed E-state index contributed by atoms with van der Waals surface area (Å²) in [5, 5.41) is 19.3. The summed E-state index contributed by atoms with van der Waals surface area (Å²) in [5.41, 5.74) is 11.0. The third-order valence-electron chi connectivity index (χ3n) is 10.8. The van der Waals surface area contributed by atoms with Gasteiger partial charge in [0.2, 0.25) is 0 Å². The van der Waals surface area contributed by atoms with Gasteiger partial charge in [0.05, 0.1) is 11.2 Å². The Morgan fingerprint density at radius 2 is 0.906 bits per heavy atom. The maximum absolute atomic E-state index is 8.46. The molecule has 2 heteroatoms. The SMILES string of the molecule is C=Cc1c(C=N)c2cc(-c3ccc4c(-c5ccc6ccccc6c5)c5ccccc5c(-c5ccc6ccccc6c5)c4c3)ccc2n1-c1ccccc1. The standard InChI is InChI=1S/C51H34N2/c1-2-48-47(32-52)45-30-38(25-27-49(45)53(48)41-16-4-3-5-17-41)37-24-26-44-46(31-37)51(40-23-21-34-13-7-9-15-36(34)29-40)43-19-11-10-18-42(43)50(44)39-22-20-33-12-6-8-14-35(33)28-39/h2-32,52H,1H2. The highest BCUT2D eigenvalue weighted by atomic mass is 15.0. The Kier molecular flexibility index (Phi) is 7.16. The molecule has 10 rings (SSSR count). The lowest BCUT2D eigenvalue weighted by Crippen LogP contribution is -1.97. The minimum Gasteiger partial charge on any atom is -0.309 e. The van der Waals surface area contributed by atoms with Gasteiger partial charge in [0, 0.05) is 22.9 Å². The number of nitrogens with one attached hydrogen (secondary N) is 1. The highest BCUT2D eigenvalue weighted by molar-refractivity contribution is 6.22. The summed E-state index contributed by atoms with van der Waals surface area (Å²) in [4.78, 5) is 0. The summed E-state index contributed by atoms with van der Waals surface area (Å²) < 4.78 is 2.20. The van der Waals surface area contributed by atoms with Crippen molar-refractivity contribution < 1.29 is 0 Å². The Labute approximate surface area is 308 Å². The lowest BCUT2D eigenvalue weighted by atomic mass is 9.84. The van der Waals surface area contributed by atoms with E-state index in [2.05, 4.69) is 169 Å². The van der Waals surface area contributed by atoms with Crippen LogP contribution in [0.5, 0.6) is 0 Å². The molecule has 53 heavy (non-hydrogen) atoms. The first kappa shape index (κ1) is 30.8. The highest BCUT2D eigenvalue weighted by Gasteiger charge is 2.20. The van der Waals surface area contributed by atoms with Crippen molar-refractivity contribution >= 4 is 66.3 Å². The van der Waals surface area contributed by atoms with Crippen LogP contribution in [0, 0.1) is 5.41 Å². The van der Waals surface area contributed by atoms with Gasteiger partial charge in [-0.15, -0.1) is 0 Å². The largest absolute Gasteiger partial charge is 0.309 e. The molecule has 0 spiro atoms. The predicted octanol–water partition coefficient (Wildman–Crippen LogP) is 13.9. The van der Waals surface area contributed by atoms with Crippen LogP contribution in [-0.4, -0.2) is 10.8 Å². The molecule has 0 saturated carbocycles. The number of para-hydroxylation sites is 1. The van der Waals surface area contributed by atoms with Gasteiger partial charge in [-0.25, -0.2) is 0 Å². The molecular formula is C51H34N2. The molecule has 0 aliphatic heterocycles. The van der Waals surface area contributed by atoms with Crippen LogP contribution in [0.15, 0.2) is 183 Å². The zero-order valence-electron chi connectivity index (χ0n) is 29.1. The van der Waals surface area contributed by atoms with Gasteiger partial charge in [0.25, 0.3) is 0 Å². The summed E-state index contributed by atoms with van der Waals surface area (Å²) in [6.07, 6.45) is 3.32. The van der Waals surface area contributed by atoms with Crippen LogP contribution in [0.3, 0.4) is 0 Å². The fraction of sp³-hybridized carbons (Fsp3) is 0. The summed E-state index contributed by atoms with van der Waals surface area (Å²) in [6.45, 7) is 4.14. The Hall–Kier alpha value is -7.03. The van der Waals surface area contributed by atoms with Crippen LogP contribution in [0.25, 0.3) is 99.1 Å². The summed E-state index contributed by atoms with van der Waals surface area (Å²) >= 11 is 0. The fourth-order valence-electron chi connectivity index (χ4n) is 8.39. The third-order valence-corrected chi connectivity index (χ3v) is 10.8. The van der Waals surface area contributed by atoms with Crippen LogP contribution in [0.2, 0.25) is 0 Å². The van der Waals surface area contributed by atoms with Gasteiger partial charge in [-0.3, -0.25) is 0 Å². The molecule has 9 aromatic carbocycles. The lowest BCUT2D eigenvalue weighted by Gasteiger charge is -2.19. The summed E-state index contributed by atoms with van der Waals surface area (Å²) in [6, 6.07) is 63.7. The van der Waals surface area contributed by atoms with E-state index in [-0.39, 0.29) is 0 Å². The van der Waals surface area contributed by atoms with Crippen LogP contribution < -0.4 is 0 Å². The maximum Gasteiger partial charge on any atom is 0.0550 e. The molecule has 2 nitrogen and oxygen atoms in total. The van der Waals surface area contributed by atoms with E-state index in [9.17, 15) is 0 Å². The van der Waals surface area contributed by atoms with Crippen LogP contribution >= 0.6 is 0 Å². The molecule has 0 amide bonds. The molecule has 0 atom stereocenters. The second kappa shape index (κ2) is 12.3. The first-order valence-corrected chi connectivity index (χ1v) is 18.0. The number of aromatic nitrogens is 1. The molecule has 0 bridgehead atoms. The van der Waals surface area contributed by atoms with Crippen molar-refractivity contribution in [2.75, 3.05) is 0 Å². The number of benzene rings is 9. The number of hydrogen-bond acceptors (Lipinski definition) is 1. The van der Waals surface area contributed by atoms with Crippen LogP contribution in [-0.2, 0) is 0 Å². The van der Waals surface area contributed by atoms with Gasteiger partial charge < -0.3 is 9.98 Å². The summed E-state index contributed by atoms with van der Waals surface area (Å²) in [5.74, 6) is 0. The first-order chi connectivity index (χ1) is 26.2. The van der Waals surface area contributed by atoms with Crippen molar-refractivity contribution in [1.82, 2.24) is 4.57 Å². The quantitative estimate of drug-likeness (QED) is 0.134. The van der Waals surface area contributed by atoms with Crippen molar-refractivity contribution in [3.63, 3.8) is 0 Å². The maximum atomic E-state index is 8.46. The van der Waals surface area contributed by atoms with Crippen LogP contribution in [0.1, 0.15) is 11.3 Å². The average molecular weight is 675 g/mol. The van der Waals surface area contributed by atoms with E-state index in [0.717, 1.165) is 39.0 Å². The van der Waals surface area contributed by atoms with Gasteiger partial charge in [-0.1, -0.05) is 140 Å². The normalized spacial score (nSPS) is 11.5. The topological polar surface area (TPSA) is 28.8 Å². The second-order valence-corrected chi connectivity index (χ2v) is 13.7. The number of hydrogen-bond donors (Lipinski definition) is 1. The zero-order chi connectivity index (χ0) is 35.5. The van der Waals surface area contributed by atoms with Crippen molar-refractivity contribution in [3.05, 3.63) is 194 Å². The van der Waals surface area contributed by atoms with E-state index in [1.165, 1.54) is 71.6 Å².